The molecule has 0 bridgehead atoms. The third-order valence-corrected chi connectivity index (χ3v) is 6.46. The number of hydrogen-bond donors (Lipinski definition) is 1. The summed E-state index contributed by atoms with van der Waals surface area (Å²) in [4.78, 5) is 39.7. The van der Waals surface area contributed by atoms with E-state index in [1.54, 1.807) is 19.1 Å². The van der Waals surface area contributed by atoms with E-state index in [9.17, 15) is 22.8 Å². The number of nitrogens with zero attached hydrogens (tertiary/aromatic N) is 2. The molecule has 0 aromatic heterocycles. The van der Waals surface area contributed by atoms with Gasteiger partial charge in [0.25, 0.3) is 0 Å². The van der Waals surface area contributed by atoms with Gasteiger partial charge < -0.3 is 10.2 Å². The van der Waals surface area contributed by atoms with Crippen LogP contribution in [0.1, 0.15) is 56.1 Å². The van der Waals surface area contributed by atoms with E-state index in [2.05, 4.69) is 5.32 Å². The van der Waals surface area contributed by atoms with Crippen molar-refractivity contribution in [3.05, 3.63) is 65.2 Å². The second-order valence-electron chi connectivity index (χ2n) is 9.80. The summed E-state index contributed by atoms with van der Waals surface area (Å²) in [6.45, 7) is 10.1. The molecule has 2 aromatic carbocycles. The summed E-state index contributed by atoms with van der Waals surface area (Å²) in [6.07, 6.45) is 1.00. The molecule has 0 heterocycles. The average Bonchev–Trinajstić information content (AvgIpc) is 2.73. The number of nitrogens with one attached hydrogen (secondary N) is 1. The van der Waals surface area contributed by atoms with E-state index in [0.29, 0.717) is 5.56 Å². The minimum Gasteiger partial charge on any atom is -0.350 e. The van der Waals surface area contributed by atoms with Crippen molar-refractivity contribution >= 4 is 33.3 Å². The summed E-state index contributed by atoms with van der Waals surface area (Å²) in [5, 5.41) is 2.88. The molecule has 2 amide bonds. The van der Waals surface area contributed by atoms with Crippen LogP contribution in [0.25, 0.3) is 0 Å². The van der Waals surface area contributed by atoms with E-state index in [1.807, 2.05) is 52.0 Å². The van der Waals surface area contributed by atoms with Crippen LogP contribution in [-0.2, 0) is 26.2 Å². The van der Waals surface area contributed by atoms with E-state index in [-0.39, 0.29) is 23.9 Å². The maximum absolute atomic E-state index is 13.6. The summed E-state index contributed by atoms with van der Waals surface area (Å²) < 4.78 is 26.3. The lowest BCUT2D eigenvalue weighted by Gasteiger charge is -2.33. The largest absolute Gasteiger partial charge is 0.350 e. The minimum absolute atomic E-state index is 0.129. The molecule has 9 heteroatoms. The van der Waals surface area contributed by atoms with Crippen molar-refractivity contribution in [2.24, 2.45) is 0 Å². The van der Waals surface area contributed by atoms with Crippen LogP contribution in [0.2, 0.25) is 0 Å². The van der Waals surface area contributed by atoms with Gasteiger partial charge in [0.1, 0.15) is 12.6 Å². The standard InChI is InChI=1S/C26H35N3O5S/c1-18-10-8-11-21(14-18)16-28(19(2)25(32)27-26(4,5)6)24(31)17-29(35(7,33)34)23-13-9-12-22(15-23)20(3)30/h8-15,19H,16-17H2,1-7H3,(H,27,32)/t19-/m0/s1. The van der Waals surface area contributed by atoms with E-state index in [4.69, 9.17) is 0 Å². The fraction of sp³-hybridized carbons (Fsp3) is 0.423. The first kappa shape index (κ1) is 28.0. The number of sulfonamides is 1. The summed E-state index contributed by atoms with van der Waals surface area (Å²) in [5.74, 6) is -1.11. The van der Waals surface area contributed by atoms with Crippen LogP contribution in [0.5, 0.6) is 0 Å². The molecule has 190 valence electrons. The van der Waals surface area contributed by atoms with Gasteiger partial charge in [-0.15, -0.1) is 0 Å². The van der Waals surface area contributed by atoms with E-state index >= 15 is 0 Å². The SMILES string of the molecule is CC(=O)c1cccc(N(CC(=O)N(Cc2cccc(C)c2)[C@@H](C)C(=O)NC(C)(C)C)S(C)(=O)=O)c1. The van der Waals surface area contributed by atoms with Crippen LogP contribution in [0.4, 0.5) is 5.69 Å². The third kappa shape index (κ3) is 8.20. The first-order chi connectivity index (χ1) is 16.1. The van der Waals surface area contributed by atoms with Gasteiger partial charge in [-0.1, -0.05) is 42.0 Å². The van der Waals surface area contributed by atoms with E-state index < -0.39 is 34.1 Å². The lowest BCUT2D eigenvalue weighted by Crippen LogP contribution is -2.54. The summed E-state index contributed by atoms with van der Waals surface area (Å²) >= 11 is 0. The topological polar surface area (TPSA) is 104 Å². The van der Waals surface area contributed by atoms with Gasteiger partial charge in [0, 0.05) is 17.6 Å². The maximum Gasteiger partial charge on any atom is 0.244 e. The van der Waals surface area contributed by atoms with Crippen LogP contribution < -0.4 is 9.62 Å². The van der Waals surface area contributed by atoms with Gasteiger partial charge in [-0.3, -0.25) is 18.7 Å². The lowest BCUT2D eigenvalue weighted by molar-refractivity contribution is -0.140. The van der Waals surface area contributed by atoms with E-state index in [1.165, 1.54) is 24.0 Å². The molecule has 2 rings (SSSR count). The molecular formula is C26H35N3O5S. The molecule has 35 heavy (non-hydrogen) atoms. The number of benzene rings is 2. The smallest absolute Gasteiger partial charge is 0.244 e. The first-order valence-corrected chi connectivity index (χ1v) is 13.2. The number of hydrogen-bond acceptors (Lipinski definition) is 5. The van der Waals surface area contributed by atoms with Gasteiger partial charge in [0.05, 0.1) is 11.9 Å². The number of ketones is 1. The number of amides is 2. The average molecular weight is 502 g/mol. The van der Waals surface area contributed by atoms with Crippen molar-refractivity contribution in [1.82, 2.24) is 10.2 Å². The van der Waals surface area contributed by atoms with E-state index in [0.717, 1.165) is 21.7 Å². The van der Waals surface area contributed by atoms with Crippen molar-refractivity contribution in [1.29, 1.82) is 0 Å². The Bertz CT molecular complexity index is 1200. The van der Waals surface area contributed by atoms with Crippen molar-refractivity contribution in [2.75, 3.05) is 17.1 Å². The van der Waals surface area contributed by atoms with Crippen LogP contribution in [0.15, 0.2) is 48.5 Å². The molecule has 8 nitrogen and oxygen atoms in total. The highest BCUT2D eigenvalue weighted by Gasteiger charge is 2.31. The molecule has 1 N–H and O–H groups in total. The van der Waals surface area contributed by atoms with Gasteiger partial charge >= 0.3 is 0 Å². The maximum atomic E-state index is 13.6. The molecule has 2 aromatic rings. The second kappa shape index (κ2) is 11.0. The molecular weight excluding hydrogens is 466 g/mol. The van der Waals surface area contributed by atoms with Crippen LogP contribution >= 0.6 is 0 Å². The van der Waals surface area contributed by atoms with Crippen molar-refractivity contribution < 1.29 is 22.8 Å². The molecule has 0 unspecified atom stereocenters. The van der Waals surface area contributed by atoms with Gasteiger partial charge in [0.15, 0.2) is 5.78 Å². The zero-order valence-corrected chi connectivity index (χ0v) is 22.3. The summed E-state index contributed by atoms with van der Waals surface area (Å²) in [5.41, 5.74) is 1.85. The number of carbonyl (C=O) groups excluding carboxylic acids is 3. The quantitative estimate of drug-likeness (QED) is 0.531. The number of aryl methyl sites for hydroxylation is 1. The van der Waals surface area contributed by atoms with Crippen molar-refractivity contribution in [3.8, 4) is 0 Å². The van der Waals surface area contributed by atoms with Gasteiger partial charge in [0.2, 0.25) is 21.8 Å². The summed E-state index contributed by atoms with van der Waals surface area (Å²) in [7, 11) is -3.87. The Labute approximate surface area is 208 Å². The highest BCUT2D eigenvalue weighted by Crippen LogP contribution is 2.21. The monoisotopic (exact) mass is 501 g/mol. The Hall–Kier alpha value is -3.20. The Morgan fingerprint density at radius 2 is 1.66 bits per heavy atom. The first-order valence-electron chi connectivity index (χ1n) is 11.3. The molecule has 1 atom stereocenters. The molecule has 0 radical (unpaired) electrons. The van der Waals surface area contributed by atoms with Crippen LogP contribution in [0.3, 0.4) is 0 Å². The zero-order valence-electron chi connectivity index (χ0n) is 21.5. The molecule has 0 aliphatic heterocycles. The second-order valence-corrected chi connectivity index (χ2v) is 11.7. The lowest BCUT2D eigenvalue weighted by atomic mass is 10.1. The fourth-order valence-electron chi connectivity index (χ4n) is 3.56. The fourth-order valence-corrected chi connectivity index (χ4v) is 4.40. The predicted octanol–water partition coefficient (Wildman–Crippen LogP) is 3.30. The molecule has 0 fully saturated rings. The summed E-state index contributed by atoms with van der Waals surface area (Å²) in [6, 6.07) is 12.8. The number of Topliss-reactive ketones (excluding diaryl/α,β-unsaturated/α-hetero) is 1. The minimum atomic E-state index is -3.87. The van der Waals surface area contributed by atoms with Crippen molar-refractivity contribution in [2.45, 2.75) is 59.7 Å². The van der Waals surface area contributed by atoms with Crippen LogP contribution in [-0.4, -0.2) is 55.3 Å². The van der Waals surface area contributed by atoms with Crippen molar-refractivity contribution in [3.63, 3.8) is 0 Å². The third-order valence-electron chi connectivity index (χ3n) is 5.32. The number of anilines is 1. The van der Waals surface area contributed by atoms with Gasteiger partial charge in [-0.2, -0.15) is 0 Å². The Morgan fingerprint density at radius 1 is 1.03 bits per heavy atom. The van der Waals surface area contributed by atoms with Gasteiger partial charge in [-0.05, 0) is 59.2 Å². The molecule has 0 spiro atoms. The molecule has 0 aliphatic rings. The predicted molar refractivity (Wildman–Crippen MR) is 138 cm³/mol. The van der Waals surface area contributed by atoms with Crippen LogP contribution in [0, 0.1) is 6.92 Å². The number of rotatable bonds is 9. The van der Waals surface area contributed by atoms with Gasteiger partial charge in [-0.25, -0.2) is 8.42 Å². The highest BCUT2D eigenvalue weighted by molar-refractivity contribution is 7.92. The Morgan fingerprint density at radius 3 is 2.20 bits per heavy atom. The molecule has 0 aliphatic carbocycles. The molecule has 0 saturated carbocycles. The molecule has 0 saturated heterocycles. The number of carbonyl (C=O) groups is 3. The Kier molecular flexibility index (Phi) is 8.84. The zero-order chi connectivity index (χ0) is 26.6. The Balaban J connectivity index is 2.45. The normalized spacial score (nSPS) is 12.5. The highest BCUT2D eigenvalue weighted by atomic mass is 32.2.